The molecule has 0 radical (unpaired) electrons. The molecule has 0 saturated carbocycles. The van der Waals surface area contributed by atoms with Crippen molar-refractivity contribution in [1.29, 1.82) is 0 Å². The second-order valence-electron chi connectivity index (χ2n) is 8.21. The van der Waals surface area contributed by atoms with Crippen LogP contribution in [0, 0.1) is 0 Å². The fraction of sp³-hybridized carbons (Fsp3) is 0.435. The van der Waals surface area contributed by atoms with Crippen molar-refractivity contribution >= 4 is 16.1 Å². The van der Waals surface area contributed by atoms with Gasteiger partial charge in [-0.05, 0) is 55.0 Å². The molecule has 2 N–H and O–H groups in total. The van der Waals surface area contributed by atoms with Crippen molar-refractivity contribution in [3.63, 3.8) is 0 Å². The number of piperidine rings is 1. The summed E-state index contributed by atoms with van der Waals surface area (Å²) in [7, 11) is -3.48. The van der Waals surface area contributed by atoms with Gasteiger partial charge in [-0.2, -0.15) is 13.2 Å². The normalized spacial score (nSPS) is 19.4. The molecule has 1 heterocycles. The number of carbonyl (C=O) groups is 1. The van der Waals surface area contributed by atoms with Gasteiger partial charge in [0.05, 0.1) is 17.9 Å². The first-order valence-electron chi connectivity index (χ1n) is 10.8. The average molecular weight is 484 g/mol. The van der Waals surface area contributed by atoms with E-state index in [2.05, 4.69) is 10.0 Å². The Morgan fingerprint density at radius 1 is 1.12 bits per heavy atom. The monoisotopic (exact) mass is 483 g/mol. The van der Waals surface area contributed by atoms with E-state index in [1.165, 1.54) is 12.1 Å². The molecular weight excluding hydrogens is 455 g/mol. The van der Waals surface area contributed by atoms with Crippen molar-refractivity contribution in [3.8, 4) is 11.1 Å². The maximum Gasteiger partial charge on any atom is 0.416 e. The summed E-state index contributed by atoms with van der Waals surface area (Å²) < 4.78 is 65.1. The lowest BCUT2D eigenvalue weighted by molar-refractivity contribution is -0.137. The number of nitrogens with one attached hydrogen (secondary N) is 2. The van der Waals surface area contributed by atoms with Crippen molar-refractivity contribution in [3.05, 3.63) is 59.7 Å². The summed E-state index contributed by atoms with van der Waals surface area (Å²) in [5.41, 5.74) is 1.53. The fourth-order valence-corrected chi connectivity index (χ4v) is 5.02. The van der Waals surface area contributed by atoms with Crippen LogP contribution in [0.5, 0.6) is 0 Å². The van der Waals surface area contributed by atoms with Crippen LogP contribution in [-0.4, -0.2) is 50.8 Å². The van der Waals surface area contributed by atoms with E-state index in [1.54, 1.807) is 17.0 Å². The Morgan fingerprint density at radius 3 is 2.42 bits per heavy atom. The molecule has 1 aliphatic rings. The Labute approximate surface area is 192 Å². The van der Waals surface area contributed by atoms with Gasteiger partial charge in [-0.3, -0.25) is 0 Å². The first-order chi connectivity index (χ1) is 15.5. The third-order valence-corrected chi connectivity index (χ3v) is 6.38. The van der Waals surface area contributed by atoms with E-state index < -0.39 is 33.8 Å². The van der Waals surface area contributed by atoms with Gasteiger partial charge in [0.25, 0.3) is 0 Å². The molecule has 0 spiro atoms. The Bertz CT molecular complexity index is 1070. The third-order valence-electron chi connectivity index (χ3n) is 5.65. The standard InChI is InChI=1S/C23H28F3N3O3S/c1-3-27-22(30)29-13-5-8-20(28-33(2,31)32)21(29)15-16-6-4-7-18(14-16)17-9-11-19(12-10-17)23(24,25)26/h4,6-7,9-12,14,20-21,28H,3,5,8,13,15H2,1-2H3,(H,27,30). The van der Waals surface area contributed by atoms with Crippen LogP contribution < -0.4 is 10.0 Å². The van der Waals surface area contributed by atoms with Crippen LogP contribution in [0.3, 0.4) is 0 Å². The van der Waals surface area contributed by atoms with Crippen molar-refractivity contribution in [2.24, 2.45) is 0 Å². The number of hydrogen-bond acceptors (Lipinski definition) is 3. The highest BCUT2D eigenvalue weighted by atomic mass is 32.2. The zero-order valence-corrected chi connectivity index (χ0v) is 19.3. The van der Waals surface area contributed by atoms with E-state index in [-0.39, 0.29) is 6.03 Å². The summed E-state index contributed by atoms with van der Waals surface area (Å²) in [6.07, 6.45) is -1.62. The molecule has 1 fully saturated rings. The number of alkyl halides is 3. The number of nitrogens with zero attached hydrogens (tertiary/aromatic N) is 1. The minimum Gasteiger partial charge on any atom is -0.338 e. The molecule has 180 valence electrons. The summed E-state index contributed by atoms with van der Waals surface area (Å²) in [4.78, 5) is 14.3. The maximum atomic E-state index is 12.9. The highest BCUT2D eigenvalue weighted by molar-refractivity contribution is 7.88. The Kier molecular flexibility index (Phi) is 7.69. The molecule has 6 nitrogen and oxygen atoms in total. The smallest absolute Gasteiger partial charge is 0.338 e. The zero-order valence-electron chi connectivity index (χ0n) is 18.5. The first kappa shape index (κ1) is 25.0. The number of carbonyl (C=O) groups excluding carboxylic acids is 1. The van der Waals surface area contributed by atoms with Gasteiger partial charge in [-0.1, -0.05) is 36.4 Å². The van der Waals surface area contributed by atoms with Gasteiger partial charge in [0.1, 0.15) is 0 Å². The van der Waals surface area contributed by atoms with Crippen LogP contribution in [-0.2, 0) is 22.6 Å². The van der Waals surface area contributed by atoms with Crippen LogP contribution in [0.4, 0.5) is 18.0 Å². The highest BCUT2D eigenvalue weighted by Gasteiger charge is 2.36. The van der Waals surface area contributed by atoms with Gasteiger partial charge < -0.3 is 10.2 Å². The maximum absolute atomic E-state index is 12.9. The molecular formula is C23H28F3N3O3S. The zero-order chi connectivity index (χ0) is 24.2. The second-order valence-corrected chi connectivity index (χ2v) is 9.99. The molecule has 1 saturated heterocycles. The number of amides is 2. The minimum atomic E-state index is -4.40. The largest absolute Gasteiger partial charge is 0.416 e. The lowest BCUT2D eigenvalue weighted by Gasteiger charge is -2.41. The number of likely N-dealkylation sites (tertiary alicyclic amines) is 1. The average Bonchev–Trinajstić information content (AvgIpc) is 2.74. The van der Waals surface area contributed by atoms with Crippen molar-refractivity contribution < 1.29 is 26.4 Å². The molecule has 0 aliphatic carbocycles. The van der Waals surface area contributed by atoms with E-state index in [0.29, 0.717) is 37.9 Å². The number of halogens is 3. The van der Waals surface area contributed by atoms with Gasteiger partial charge in [0.15, 0.2) is 0 Å². The van der Waals surface area contributed by atoms with Gasteiger partial charge in [0, 0.05) is 19.1 Å². The predicted molar refractivity (Wildman–Crippen MR) is 121 cm³/mol. The van der Waals surface area contributed by atoms with Crippen molar-refractivity contribution in [2.45, 2.75) is 44.4 Å². The van der Waals surface area contributed by atoms with Crippen LogP contribution in [0.2, 0.25) is 0 Å². The topological polar surface area (TPSA) is 78.5 Å². The number of benzene rings is 2. The lowest BCUT2D eigenvalue weighted by Crippen LogP contribution is -2.59. The molecule has 2 amide bonds. The molecule has 3 rings (SSSR count). The molecule has 0 aromatic heterocycles. The molecule has 10 heteroatoms. The number of urea groups is 1. The number of sulfonamides is 1. The Balaban J connectivity index is 1.88. The van der Waals surface area contributed by atoms with Crippen LogP contribution in [0.1, 0.15) is 30.9 Å². The third kappa shape index (κ3) is 6.70. The number of rotatable bonds is 6. The predicted octanol–water partition coefficient (Wildman–Crippen LogP) is 4.03. The summed E-state index contributed by atoms with van der Waals surface area (Å²) in [5.74, 6) is 0. The first-order valence-corrected chi connectivity index (χ1v) is 12.7. The van der Waals surface area contributed by atoms with E-state index in [4.69, 9.17) is 0 Å². The van der Waals surface area contributed by atoms with Gasteiger partial charge >= 0.3 is 12.2 Å². The molecule has 2 atom stereocenters. The van der Waals surface area contributed by atoms with Crippen LogP contribution >= 0.6 is 0 Å². The molecule has 1 aliphatic heterocycles. The summed E-state index contributed by atoms with van der Waals surface area (Å²) in [6.45, 7) is 2.78. The minimum absolute atomic E-state index is 0.249. The Morgan fingerprint density at radius 2 is 1.82 bits per heavy atom. The van der Waals surface area contributed by atoms with Gasteiger partial charge in [-0.25, -0.2) is 17.9 Å². The van der Waals surface area contributed by atoms with Crippen LogP contribution in [0.15, 0.2) is 48.5 Å². The van der Waals surface area contributed by atoms with Crippen molar-refractivity contribution in [1.82, 2.24) is 14.9 Å². The van der Waals surface area contributed by atoms with Gasteiger partial charge in [-0.15, -0.1) is 0 Å². The molecule has 2 aromatic carbocycles. The van der Waals surface area contributed by atoms with Gasteiger partial charge in [0.2, 0.25) is 10.0 Å². The molecule has 0 bridgehead atoms. The molecule has 2 unspecified atom stereocenters. The summed E-state index contributed by atoms with van der Waals surface area (Å²) in [5, 5.41) is 2.79. The van der Waals surface area contributed by atoms with E-state index in [0.717, 1.165) is 29.5 Å². The van der Waals surface area contributed by atoms with E-state index in [1.807, 2.05) is 19.1 Å². The quantitative estimate of drug-likeness (QED) is 0.651. The SMILES string of the molecule is CCNC(=O)N1CCCC(NS(C)(=O)=O)C1Cc1cccc(-c2ccc(C(F)(F)F)cc2)c1. The lowest BCUT2D eigenvalue weighted by atomic mass is 9.90. The van der Waals surface area contributed by atoms with E-state index in [9.17, 15) is 26.4 Å². The fourth-order valence-electron chi connectivity index (χ4n) is 4.20. The van der Waals surface area contributed by atoms with E-state index >= 15 is 0 Å². The molecule has 2 aromatic rings. The van der Waals surface area contributed by atoms with Crippen molar-refractivity contribution in [2.75, 3.05) is 19.3 Å². The summed E-state index contributed by atoms with van der Waals surface area (Å²) >= 11 is 0. The second kappa shape index (κ2) is 10.1. The highest BCUT2D eigenvalue weighted by Crippen LogP contribution is 2.31. The molecule has 33 heavy (non-hydrogen) atoms. The Hall–Kier alpha value is -2.59. The number of hydrogen-bond donors (Lipinski definition) is 2. The summed E-state index contributed by atoms with van der Waals surface area (Å²) in [6, 6.07) is 11.2. The van der Waals surface area contributed by atoms with Crippen LogP contribution in [0.25, 0.3) is 11.1 Å².